The van der Waals surface area contributed by atoms with Crippen LogP contribution in [0.4, 0.5) is 5.69 Å². The van der Waals surface area contributed by atoms with E-state index in [1.165, 1.54) is 0 Å². The molecule has 0 bridgehead atoms. The first-order chi connectivity index (χ1) is 10.6. The number of para-hydroxylation sites is 1. The summed E-state index contributed by atoms with van der Waals surface area (Å²) in [6.07, 6.45) is 0. The summed E-state index contributed by atoms with van der Waals surface area (Å²) in [6.45, 7) is 3.88. The minimum absolute atomic E-state index is 0.0452. The van der Waals surface area contributed by atoms with E-state index in [4.69, 9.17) is 0 Å². The second-order valence-corrected chi connectivity index (χ2v) is 5.42. The van der Waals surface area contributed by atoms with Gasteiger partial charge in [-0.15, -0.1) is 0 Å². The number of carbonyl (C=O) groups is 2. The highest BCUT2D eigenvalue weighted by molar-refractivity contribution is 6.06. The average Bonchev–Trinajstić information content (AvgIpc) is 2.54. The molecule has 0 aliphatic rings. The van der Waals surface area contributed by atoms with Gasteiger partial charge in [0, 0.05) is 11.3 Å². The summed E-state index contributed by atoms with van der Waals surface area (Å²) in [6, 6.07) is 17.7. The summed E-state index contributed by atoms with van der Waals surface area (Å²) in [5, 5.41) is 5.63. The lowest BCUT2D eigenvalue weighted by molar-refractivity contribution is -0.121. The monoisotopic (exact) mass is 296 g/mol. The number of anilines is 1. The minimum atomic E-state index is -0.477. The van der Waals surface area contributed by atoms with E-state index in [0.29, 0.717) is 5.56 Å². The van der Waals surface area contributed by atoms with Gasteiger partial charge in [-0.05, 0) is 30.2 Å². The first-order valence-corrected chi connectivity index (χ1v) is 7.29. The molecule has 0 unspecified atom stereocenters. The Bertz CT molecular complexity index is 624. The summed E-state index contributed by atoms with van der Waals surface area (Å²) in [5.74, 6) is -0.664. The third-order valence-corrected chi connectivity index (χ3v) is 3.32. The first-order valence-electron chi connectivity index (χ1n) is 7.29. The predicted octanol–water partition coefficient (Wildman–Crippen LogP) is 3.08. The van der Waals surface area contributed by atoms with E-state index in [0.717, 1.165) is 5.69 Å². The van der Waals surface area contributed by atoms with Crippen molar-refractivity contribution in [3.8, 4) is 0 Å². The Labute approximate surface area is 130 Å². The molecule has 2 rings (SSSR count). The van der Waals surface area contributed by atoms with Gasteiger partial charge in [0.2, 0.25) is 5.91 Å². The zero-order chi connectivity index (χ0) is 15.9. The van der Waals surface area contributed by atoms with E-state index in [1.54, 1.807) is 24.3 Å². The molecule has 0 fully saturated rings. The largest absolute Gasteiger partial charge is 0.373 e. The molecule has 2 aromatic carbocycles. The molecule has 0 saturated carbocycles. The van der Waals surface area contributed by atoms with Gasteiger partial charge < -0.3 is 5.32 Å². The molecule has 0 aliphatic carbocycles. The summed E-state index contributed by atoms with van der Waals surface area (Å²) in [7, 11) is 0. The molecule has 2 N–H and O–H groups in total. The molecule has 0 spiro atoms. The molecular formula is C18H20N2O2. The van der Waals surface area contributed by atoms with Crippen LogP contribution in [0.15, 0.2) is 60.7 Å². The van der Waals surface area contributed by atoms with E-state index in [1.807, 2.05) is 50.2 Å². The van der Waals surface area contributed by atoms with E-state index >= 15 is 0 Å². The Kier molecular flexibility index (Phi) is 5.31. The number of carbonyl (C=O) groups excluding carboxylic acids is 2. The highest BCUT2D eigenvalue weighted by Crippen LogP contribution is 2.12. The number of imide groups is 1. The van der Waals surface area contributed by atoms with Crippen molar-refractivity contribution in [2.24, 2.45) is 5.92 Å². The average molecular weight is 296 g/mol. The molecule has 0 saturated heterocycles. The van der Waals surface area contributed by atoms with Crippen LogP contribution < -0.4 is 10.6 Å². The molecule has 2 aromatic rings. The molecule has 2 amide bonds. The molecule has 0 radical (unpaired) electrons. The smallest absolute Gasteiger partial charge is 0.257 e. The molecule has 0 aliphatic heterocycles. The standard InChI is InChI=1S/C18H20N2O2/c1-13(2)16(19-15-11-7-4-8-12-15)18(22)20-17(21)14-9-5-3-6-10-14/h3-13,16,19H,1-2H3,(H,20,21,22)/t16-/m0/s1. The zero-order valence-electron chi connectivity index (χ0n) is 12.7. The van der Waals surface area contributed by atoms with Crippen LogP contribution in [0.2, 0.25) is 0 Å². The summed E-state index contributed by atoms with van der Waals surface area (Å²) < 4.78 is 0. The topological polar surface area (TPSA) is 58.2 Å². The molecule has 114 valence electrons. The molecule has 22 heavy (non-hydrogen) atoms. The van der Waals surface area contributed by atoms with Gasteiger partial charge in [0.05, 0.1) is 0 Å². The molecule has 4 nitrogen and oxygen atoms in total. The minimum Gasteiger partial charge on any atom is -0.373 e. The third kappa shape index (κ3) is 4.19. The van der Waals surface area contributed by atoms with Crippen LogP contribution >= 0.6 is 0 Å². The number of nitrogens with one attached hydrogen (secondary N) is 2. The Morgan fingerprint density at radius 2 is 1.41 bits per heavy atom. The van der Waals surface area contributed by atoms with E-state index in [-0.39, 0.29) is 17.7 Å². The first kappa shape index (κ1) is 15.8. The molecule has 1 atom stereocenters. The fourth-order valence-corrected chi connectivity index (χ4v) is 2.10. The van der Waals surface area contributed by atoms with Crippen molar-refractivity contribution in [1.82, 2.24) is 5.32 Å². The molecular weight excluding hydrogens is 276 g/mol. The summed E-state index contributed by atoms with van der Waals surface area (Å²) in [5.41, 5.74) is 1.32. The molecule has 0 aromatic heterocycles. The van der Waals surface area contributed by atoms with Gasteiger partial charge in [-0.2, -0.15) is 0 Å². The fraction of sp³-hybridized carbons (Fsp3) is 0.222. The van der Waals surface area contributed by atoms with E-state index in [9.17, 15) is 9.59 Å². The van der Waals surface area contributed by atoms with E-state index < -0.39 is 6.04 Å². The van der Waals surface area contributed by atoms with Crippen LogP contribution in [0.3, 0.4) is 0 Å². The second-order valence-electron chi connectivity index (χ2n) is 5.42. The van der Waals surface area contributed by atoms with Crippen molar-refractivity contribution in [1.29, 1.82) is 0 Å². The highest BCUT2D eigenvalue weighted by atomic mass is 16.2. The number of benzene rings is 2. The second kappa shape index (κ2) is 7.41. The Balaban J connectivity index is 2.05. The maximum atomic E-state index is 12.4. The van der Waals surface area contributed by atoms with Crippen molar-refractivity contribution < 1.29 is 9.59 Å². The molecule has 4 heteroatoms. The van der Waals surface area contributed by atoms with Crippen molar-refractivity contribution >= 4 is 17.5 Å². The lowest BCUT2D eigenvalue weighted by atomic mass is 10.0. The Hall–Kier alpha value is -2.62. The van der Waals surface area contributed by atoms with Gasteiger partial charge in [0.15, 0.2) is 0 Å². The highest BCUT2D eigenvalue weighted by Gasteiger charge is 2.24. The fourth-order valence-electron chi connectivity index (χ4n) is 2.10. The van der Waals surface area contributed by atoms with Crippen molar-refractivity contribution in [2.75, 3.05) is 5.32 Å². The zero-order valence-corrected chi connectivity index (χ0v) is 12.7. The van der Waals surface area contributed by atoms with Crippen LogP contribution in [-0.2, 0) is 4.79 Å². The number of rotatable bonds is 5. The lowest BCUT2D eigenvalue weighted by Gasteiger charge is -2.22. The maximum Gasteiger partial charge on any atom is 0.257 e. The number of hydrogen-bond acceptors (Lipinski definition) is 3. The van der Waals surface area contributed by atoms with E-state index in [2.05, 4.69) is 10.6 Å². The van der Waals surface area contributed by atoms with Crippen LogP contribution in [0, 0.1) is 5.92 Å². The summed E-state index contributed by atoms with van der Waals surface area (Å²) >= 11 is 0. The normalized spacial score (nSPS) is 11.8. The summed E-state index contributed by atoms with van der Waals surface area (Å²) in [4.78, 5) is 24.5. The number of amides is 2. The Morgan fingerprint density at radius 1 is 0.864 bits per heavy atom. The quantitative estimate of drug-likeness (QED) is 0.891. The maximum absolute atomic E-state index is 12.4. The van der Waals surface area contributed by atoms with Crippen molar-refractivity contribution in [3.63, 3.8) is 0 Å². The van der Waals surface area contributed by atoms with Crippen LogP contribution in [0.5, 0.6) is 0 Å². The van der Waals surface area contributed by atoms with Gasteiger partial charge in [0.1, 0.15) is 6.04 Å². The van der Waals surface area contributed by atoms with Crippen LogP contribution in [0.25, 0.3) is 0 Å². The Morgan fingerprint density at radius 3 is 1.95 bits per heavy atom. The van der Waals surface area contributed by atoms with Gasteiger partial charge in [0.25, 0.3) is 5.91 Å². The van der Waals surface area contributed by atoms with Gasteiger partial charge in [-0.25, -0.2) is 0 Å². The van der Waals surface area contributed by atoms with Crippen molar-refractivity contribution in [2.45, 2.75) is 19.9 Å². The van der Waals surface area contributed by atoms with Gasteiger partial charge in [-0.1, -0.05) is 50.2 Å². The van der Waals surface area contributed by atoms with Crippen LogP contribution in [0.1, 0.15) is 24.2 Å². The predicted molar refractivity (Wildman–Crippen MR) is 87.6 cm³/mol. The lowest BCUT2D eigenvalue weighted by Crippen LogP contribution is -2.45. The van der Waals surface area contributed by atoms with Gasteiger partial charge in [-0.3, -0.25) is 14.9 Å². The number of hydrogen-bond donors (Lipinski definition) is 2. The third-order valence-electron chi connectivity index (χ3n) is 3.32. The molecule has 0 heterocycles. The van der Waals surface area contributed by atoms with Gasteiger partial charge >= 0.3 is 0 Å². The SMILES string of the molecule is CC(C)[C@H](Nc1ccccc1)C(=O)NC(=O)c1ccccc1. The van der Waals surface area contributed by atoms with Crippen molar-refractivity contribution in [3.05, 3.63) is 66.2 Å². The van der Waals surface area contributed by atoms with Crippen LogP contribution in [-0.4, -0.2) is 17.9 Å².